The van der Waals surface area contributed by atoms with Crippen LogP contribution in [0.2, 0.25) is 0 Å². The van der Waals surface area contributed by atoms with Gasteiger partial charge in [-0.25, -0.2) is 9.97 Å². The molecule has 2 rings (SSSR count). The summed E-state index contributed by atoms with van der Waals surface area (Å²) in [5.41, 5.74) is -0.227. The van der Waals surface area contributed by atoms with Gasteiger partial charge in [0.15, 0.2) is 0 Å². The third-order valence-electron chi connectivity index (χ3n) is 4.65. The van der Waals surface area contributed by atoms with Crippen molar-refractivity contribution in [2.45, 2.75) is 39.7 Å². The van der Waals surface area contributed by atoms with E-state index in [-0.39, 0.29) is 23.3 Å². The number of carboxylic acid groups (broad SMARTS) is 1. The van der Waals surface area contributed by atoms with Crippen molar-refractivity contribution < 1.29 is 9.90 Å². The number of carboxylic acids is 1. The van der Waals surface area contributed by atoms with Crippen molar-refractivity contribution >= 4 is 11.8 Å². The zero-order chi connectivity index (χ0) is 14.0. The lowest BCUT2D eigenvalue weighted by atomic mass is 9.61. The van der Waals surface area contributed by atoms with Crippen LogP contribution in [-0.4, -0.2) is 27.1 Å². The summed E-state index contributed by atoms with van der Waals surface area (Å²) in [4.78, 5) is 19.4. The summed E-state index contributed by atoms with van der Waals surface area (Å²) in [6.45, 7) is 6.21. The Balaban J connectivity index is 2.12. The monoisotopic (exact) mass is 263 g/mol. The van der Waals surface area contributed by atoms with Gasteiger partial charge in [0, 0.05) is 12.2 Å². The van der Waals surface area contributed by atoms with Gasteiger partial charge in [0.05, 0.1) is 5.92 Å². The Morgan fingerprint density at radius 2 is 2.21 bits per heavy atom. The third-order valence-corrected chi connectivity index (χ3v) is 4.65. The summed E-state index contributed by atoms with van der Waals surface area (Å²) in [6, 6.07) is 2.09. The molecule has 3 atom stereocenters. The van der Waals surface area contributed by atoms with E-state index in [1.54, 1.807) is 6.20 Å². The third kappa shape index (κ3) is 2.69. The SMILES string of the molecule is CC1C(Nc2ccncn2)CCC(C(=O)O)C1(C)C. The number of carbonyl (C=O) groups is 1. The first-order chi connectivity index (χ1) is 8.93. The van der Waals surface area contributed by atoms with E-state index in [0.29, 0.717) is 6.42 Å². The van der Waals surface area contributed by atoms with Gasteiger partial charge in [-0.15, -0.1) is 0 Å². The molecular weight excluding hydrogens is 242 g/mol. The average molecular weight is 263 g/mol. The average Bonchev–Trinajstić information content (AvgIpc) is 2.36. The summed E-state index contributed by atoms with van der Waals surface area (Å²) in [6.07, 6.45) is 4.77. The number of hydrogen-bond donors (Lipinski definition) is 2. The molecule has 0 radical (unpaired) electrons. The van der Waals surface area contributed by atoms with Crippen LogP contribution >= 0.6 is 0 Å². The number of rotatable bonds is 3. The number of nitrogens with one attached hydrogen (secondary N) is 1. The fourth-order valence-corrected chi connectivity index (χ4v) is 3.01. The molecule has 1 aromatic rings. The van der Waals surface area contributed by atoms with Crippen LogP contribution in [0.5, 0.6) is 0 Å². The number of hydrogen-bond acceptors (Lipinski definition) is 4. The quantitative estimate of drug-likeness (QED) is 0.876. The maximum atomic E-state index is 11.3. The molecule has 1 fully saturated rings. The van der Waals surface area contributed by atoms with Gasteiger partial charge >= 0.3 is 5.97 Å². The number of aliphatic carboxylic acids is 1. The van der Waals surface area contributed by atoms with Crippen LogP contribution in [0.1, 0.15) is 33.6 Å². The van der Waals surface area contributed by atoms with E-state index in [0.717, 1.165) is 12.2 Å². The summed E-state index contributed by atoms with van der Waals surface area (Å²) in [5, 5.41) is 12.7. The Hall–Kier alpha value is -1.65. The van der Waals surface area contributed by atoms with Gasteiger partial charge < -0.3 is 10.4 Å². The molecule has 0 spiro atoms. The van der Waals surface area contributed by atoms with Crippen LogP contribution in [0.4, 0.5) is 5.82 Å². The van der Waals surface area contributed by atoms with Gasteiger partial charge in [-0.1, -0.05) is 20.8 Å². The van der Waals surface area contributed by atoms with Crippen LogP contribution in [0.25, 0.3) is 0 Å². The molecular formula is C14H21N3O2. The van der Waals surface area contributed by atoms with Gasteiger partial charge in [-0.2, -0.15) is 0 Å². The molecule has 5 heteroatoms. The first-order valence-corrected chi connectivity index (χ1v) is 6.68. The summed E-state index contributed by atoms with van der Waals surface area (Å²) >= 11 is 0. The van der Waals surface area contributed by atoms with Gasteiger partial charge in [0.2, 0.25) is 0 Å². The Labute approximate surface area is 113 Å². The van der Waals surface area contributed by atoms with E-state index in [4.69, 9.17) is 0 Å². The fraction of sp³-hybridized carbons (Fsp3) is 0.643. The molecule has 3 unspecified atom stereocenters. The Kier molecular flexibility index (Phi) is 3.73. The lowest BCUT2D eigenvalue weighted by Crippen LogP contribution is -2.48. The number of nitrogens with zero attached hydrogens (tertiary/aromatic N) is 2. The zero-order valence-electron chi connectivity index (χ0n) is 11.6. The molecule has 1 saturated carbocycles. The standard InChI is InChI=1S/C14H21N3O2/c1-9-11(17-12-6-7-15-8-16-12)5-4-10(13(18)19)14(9,2)3/h6-11H,4-5H2,1-3H3,(H,18,19)(H,15,16,17). The second-order valence-corrected chi connectivity index (χ2v) is 5.92. The summed E-state index contributed by atoms with van der Waals surface area (Å²) < 4.78 is 0. The van der Waals surface area contributed by atoms with Crippen LogP contribution in [0, 0.1) is 17.3 Å². The summed E-state index contributed by atoms with van der Waals surface area (Å²) in [7, 11) is 0. The maximum Gasteiger partial charge on any atom is 0.307 e. The molecule has 0 aromatic carbocycles. The predicted octanol–water partition coefficient (Wildman–Crippen LogP) is 2.41. The van der Waals surface area contributed by atoms with E-state index in [9.17, 15) is 9.90 Å². The molecule has 0 amide bonds. The van der Waals surface area contributed by atoms with E-state index in [1.165, 1.54) is 6.33 Å². The molecule has 2 N–H and O–H groups in total. The van der Waals surface area contributed by atoms with Crippen molar-refractivity contribution in [1.29, 1.82) is 0 Å². The second kappa shape index (κ2) is 5.15. The Morgan fingerprint density at radius 1 is 1.47 bits per heavy atom. The van der Waals surface area contributed by atoms with Crippen LogP contribution < -0.4 is 5.32 Å². The molecule has 1 aliphatic rings. The minimum Gasteiger partial charge on any atom is -0.481 e. The first kappa shape index (κ1) is 13.8. The highest BCUT2D eigenvalue weighted by atomic mass is 16.4. The van der Waals surface area contributed by atoms with Gasteiger partial charge in [-0.3, -0.25) is 4.79 Å². The topological polar surface area (TPSA) is 75.1 Å². The molecule has 19 heavy (non-hydrogen) atoms. The van der Waals surface area contributed by atoms with Gasteiger partial charge in [-0.05, 0) is 30.2 Å². The Bertz CT molecular complexity index is 447. The maximum absolute atomic E-state index is 11.3. The van der Waals surface area contributed by atoms with Gasteiger partial charge in [0.1, 0.15) is 12.1 Å². The highest BCUT2D eigenvalue weighted by Gasteiger charge is 2.46. The zero-order valence-corrected chi connectivity index (χ0v) is 11.6. The van der Waals surface area contributed by atoms with E-state index in [2.05, 4.69) is 22.2 Å². The lowest BCUT2D eigenvalue weighted by Gasteiger charge is -2.46. The normalized spacial score (nSPS) is 29.7. The molecule has 1 aliphatic carbocycles. The molecule has 5 nitrogen and oxygen atoms in total. The smallest absolute Gasteiger partial charge is 0.307 e. The van der Waals surface area contributed by atoms with Crippen molar-refractivity contribution in [2.24, 2.45) is 17.3 Å². The van der Waals surface area contributed by atoms with E-state index >= 15 is 0 Å². The fourth-order valence-electron chi connectivity index (χ4n) is 3.01. The highest BCUT2D eigenvalue weighted by Crippen LogP contribution is 2.45. The van der Waals surface area contributed by atoms with Gasteiger partial charge in [0.25, 0.3) is 0 Å². The van der Waals surface area contributed by atoms with Crippen molar-refractivity contribution in [1.82, 2.24) is 9.97 Å². The van der Waals surface area contributed by atoms with Crippen LogP contribution in [0.15, 0.2) is 18.6 Å². The Morgan fingerprint density at radius 3 is 2.79 bits per heavy atom. The van der Waals surface area contributed by atoms with Crippen LogP contribution in [0.3, 0.4) is 0 Å². The largest absolute Gasteiger partial charge is 0.481 e. The van der Waals surface area contributed by atoms with Crippen LogP contribution in [-0.2, 0) is 4.79 Å². The second-order valence-electron chi connectivity index (χ2n) is 5.92. The molecule has 0 bridgehead atoms. The highest BCUT2D eigenvalue weighted by molar-refractivity contribution is 5.71. The minimum absolute atomic E-state index is 0.227. The van der Waals surface area contributed by atoms with E-state index in [1.807, 2.05) is 19.9 Å². The van der Waals surface area contributed by atoms with Crippen molar-refractivity contribution in [3.05, 3.63) is 18.6 Å². The molecule has 1 heterocycles. The molecule has 0 aliphatic heterocycles. The number of anilines is 1. The predicted molar refractivity (Wildman–Crippen MR) is 72.7 cm³/mol. The first-order valence-electron chi connectivity index (χ1n) is 6.68. The number of aromatic nitrogens is 2. The molecule has 0 saturated heterocycles. The van der Waals surface area contributed by atoms with Crippen molar-refractivity contribution in [3.63, 3.8) is 0 Å². The molecule has 1 aromatic heterocycles. The molecule has 104 valence electrons. The van der Waals surface area contributed by atoms with E-state index < -0.39 is 5.97 Å². The van der Waals surface area contributed by atoms with Crippen molar-refractivity contribution in [3.8, 4) is 0 Å². The minimum atomic E-state index is -0.683. The van der Waals surface area contributed by atoms with Crippen molar-refractivity contribution in [2.75, 3.05) is 5.32 Å². The lowest BCUT2D eigenvalue weighted by molar-refractivity contribution is -0.149. The summed E-state index contributed by atoms with van der Waals surface area (Å²) in [5.74, 6) is 0.108.